The minimum Gasteiger partial charge on any atom is -0.450 e. The largest absolute Gasteiger partial charge is 0.450 e. The second kappa shape index (κ2) is 10.4. The number of allylic oxidation sites excluding steroid dienone is 5. The van der Waals surface area contributed by atoms with E-state index in [-0.39, 0.29) is 18.1 Å². The number of nitrogens with zero attached hydrogens (tertiary/aromatic N) is 3. The SMILES string of the molecule is C=C/C(OC1=C(c2ccccc2)CCC=C1)=C(\C=C/CCOP(=O)(N1CC1)N1CC1)[N+](=O)[O-]. The number of nitro groups is 1. The molecule has 0 bridgehead atoms. The summed E-state index contributed by atoms with van der Waals surface area (Å²) in [5, 5.41) is 11.8. The van der Waals surface area contributed by atoms with Gasteiger partial charge in [0.05, 0.1) is 11.5 Å². The molecule has 0 unspecified atom stereocenters. The molecule has 3 aliphatic rings. The maximum Gasteiger partial charge on any atom is 0.346 e. The van der Waals surface area contributed by atoms with Crippen LogP contribution in [0, 0.1) is 10.1 Å². The van der Waals surface area contributed by atoms with Gasteiger partial charge in [-0.05, 0) is 37.0 Å². The number of ether oxygens (including phenoxy) is 1. The van der Waals surface area contributed by atoms with E-state index in [4.69, 9.17) is 9.26 Å². The molecule has 4 rings (SSSR count). The molecule has 2 aliphatic heterocycles. The third-order valence-electron chi connectivity index (χ3n) is 5.49. The third-order valence-corrected chi connectivity index (χ3v) is 8.23. The van der Waals surface area contributed by atoms with E-state index in [1.807, 2.05) is 51.8 Å². The Kier molecular flexibility index (Phi) is 7.40. The van der Waals surface area contributed by atoms with Crippen molar-refractivity contribution in [2.45, 2.75) is 19.3 Å². The molecule has 2 fully saturated rings. The predicted octanol–water partition coefficient (Wildman–Crippen LogP) is 5.14. The molecule has 1 aromatic rings. The van der Waals surface area contributed by atoms with E-state index in [0.717, 1.165) is 50.2 Å². The summed E-state index contributed by atoms with van der Waals surface area (Å²) in [5.41, 5.74) is 1.83. The van der Waals surface area contributed by atoms with Gasteiger partial charge in [0.25, 0.3) is 0 Å². The van der Waals surface area contributed by atoms with Crippen LogP contribution in [-0.2, 0) is 13.8 Å². The Bertz CT molecular complexity index is 1050. The Labute approximate surface area is 193 Å². The molecule has 2 saturated heterocycles. The number of rotatable bonds is 12. The van der Waals surface area contributed by atoms with Gasteiger partial charge >= 0.3 is 13.4 Å². The normalized spacial score (nSPS) is 19.5. The number of hydrogen-bond acceptors (Lipinski definition) is 5. The summed E-state index contributed by atoms with van der Waals surface area (Å²) in [7, 11) is -2.88. The summed E-state index contributed by atoms with van der Waals surface area (Å²) >= 11 is 0. The van der Waals surface area contributed by atoms with Crippen LogP contribution in [-0.4, -0.2) is 47.1 Å². The summed E-state index contributed by atoms with van der Waals surface area (Å²) in [4.78, 5) is 11.3. The molecule has 0 saturated carbocycles. The lowest BCUT2D eigenvalue weighted by Crippen LogP contribution is -2.08. The van der Waals surface area contributed by atoms with Crippen LogP contribution in [0.5, 0.6) is 0 Å². The van der Waals surface area contributed by atoms with Crippen LogP contribution in [0.25, 0.3) is 5.57 Å². The highest BCUT2D eigenvalue weighted by molar-refractivity contribution is 7.54. The fourth-order valence-corrected chi connectivity index (χ4v) is 5.80. The van der Waals surface area contributed by atoms with Crippen LogP contribution in [0.15, 0.2) is 84.5 Å². The topological polar surface area (TPSA) is 84.7 Å². The van der Waals surface area contributed by atoms with Crippen molar-refractivity contribution >= 4 is 13.2 Å². The average Bonchev–Trinajstić information content (AvgIpc) is 3.73. The van der Waals surface area contributed by atoms with Gasteiger partial charge in [0.2, 0.25) is 5.76 Å². The Morgan fingerprint density at radius 1 is 1.18 bits per heavy atom. The lowest BCUT2D eigenvalue weighted by atomic mass is 9.96. The van der Waals surface area contributed by atoms with E-state index in [1.54, 1.807) is 6.08 Å². The highest BCUT2D eigenvalue weighted by atomic mass is 31.2. The van der Waals surface area contributed by atoms with Crippen molar-refractivity contribution in [1.82, 2.24) is 9.34 Å². The van der Waals surface area contributed by atoms with Gasteiger partial charge in [0.15, 0.2) is 0 Å². The quantitative estimate of drug-likeness (QED) is 0.0797. The molecule has 2 heterocycles. The van der Waals surface area contributed by atoms with Gasteiger partial charge in [-0.1, -0.05) is 49.1 Å². The van der Waals surface area contributed by atoms with Crippen LogP contribution in [0.3, 0.4) is 0 Å². The number of hydrogen-bond donors (Lipinski definition) is 0. The number of benzene rings is 1. The highest BCUT2D eigenvalue weighted by Gasteiger charge is 2.49. The first-order valence-electron chi connectivity index (χ1n) is 11.1. The minimum atomic E-state index is -2.88. The van der Waals surface area contributed by atoms with Gasteiger partial charge < -0.3 is 9.26 Å². The fraction of sp³-hybridized carbons (Fsp3) is 0.333. The zero-order valence-electron chi connectivity index (χ0n) is 18.5. The smallest absolute Gasteiger partial charge is 0.346 e. The van der Waals surface area contributed by atoms with E-state index >= 15 is 0 Å². The molecule has 0 N–H and O–H groups in total. The molecule has 174 valence electrons. The van der Waals surface area contributed by atoms with Crippen molar-refractivity contribution in [2.24, 2.45) is 0 Å². The van der Waals surface area contributed by atoms with Gasteiger partial charge in [0, 0.05) is 37.8 Å². The lowest BCUT2D eigenvalue weighted by molar-refractivity contribution is -0.421. The first kappa shape index (κ1) is 23.4. The van der Waals surface area contributed by atoms with Gasteiger partial charge in [-0.15, -0.1) is 0 Å². The Hall–Kier alpha value is -2.77. The Morgan fingerprint density at radius 2 is 1.88 bits per heavy atom. The van der Waals surface area contributed by atoms with Crippen molar-refractivity contribution in [3.63, 3.8) is 0 Å². The highest BCUT2D eigenvalue weighted by Crippen LogP contribution is 2.60. The lowest BCUT2D eigenvalue weighted by Gasteiger charge is -2.19. The van der Waals surface area contributed by atoms with Crippen molar-refractivity contribution < 1.29 is 18.7 Å². The zero-order chi connectivity index (χ0) is 23.3. The monoisotopic (exact) mass is 469 g/mol. The Balaban J connectivity index is 1.46. The second-order valence-electron chi connectivity index (χ2n) is 7.88. The molecule has 33 heavy (non-hydrogen) atoms. The minimum absolute atomic E-state index is 0.0750. The summed E-state index contributed by atoms with van der Waals surface area (Å²) in [5.74, 6) is 0.655. The van der Waals surface area contributed by atoms with E-state index < -0.39 is 12.6 Å². The summed E-state index contributed by atoms with van der Waals surface area (Å²) in [6, 6.07) is 9.85. The zero-order valence-corrected chi connectivity index (χ0v) is 19.4. The third kappa shape index (κ3) is 5.78. The summed E-state index contributed by atoms with van der Waals surface area (Å²) < 4.78 is 28.3. The van der Waals surface area contributed by atoms with Crippen LogP contribution < -0.4 is 0 Å². The summed E-state index contributed by atoms with van der Waals surface area (Å²) in [6.07, 6.45) is 10.3. The maximum absolute atomic E-state index is 12.9. The van der Waals surface area contributed by atoms with Crippen LogP contribution >= 0.6 is 7.67 Å². The van der Waals surface area contributed by atoms with Crippen molar-refractivity contribution in [2.75, 3.05) is 32.8 Å². The van der Waals surface area contributed by atoms with Crippen LogP contribution in [0.1, 0.15) is 24.8 Å². The van der Waals surface area contributed by atoms with Crippen molar-refractivity contribution in [1.29, 1.82) is 0 Å². The van der Waals surface area contributed by atoms with Gasteiger partial charge in [0.1, 0.15) is 5.76 Å². The molecule has 0 spiro atoms. The first-order valence-corrected chi connectivity index (χ1v) is 12.6. The van der Waals surface area contributed by atoms with E-state index in [2.05, 4.69) is 6.58 Å². The standard InChI is InChI=1S/C24H28N3O5P/c1-2-23(32-24-14-7-6-12-21(24)20-10-4-3-5-11-20)22(27(28)29)13-8-9-19-31-33(30,25-15-16-25)26-17-18-26/h2-5,7-8,10-11,13-14H,1,6,9,12,15-19H2/b13-8-,23-22-. The molecule has 0 amide bonds. The maximum atomic E-state index is 12.9. The average molecular weight is 469 g/mol. The van der Waals surface area contributed by atoms with Crippen LogP contribution in [0.4, 0.5) is 0 Å². The van der Waals surface area contributed by atoms with Crippen molar-refractivity contribution in [3.05, 3.63) is 100 Å². The van der Waals surface area contributed by atoms with Gasteiger partial charge in [-0.25, -0.2) is 9.34 Å². The van der Waals surface area contributed by atoms with Crippen molar-refractivity contribution in [3.8, 4) is 0 Å². The predicted molar refractivity (Wildman–Crippen MR) is 127 cm³/mol. The molecule has 1 aliphatic carbocycles. The van der Waals surface area contributed by atoms with Crippen LogP contribution in [0.2, 0.25) is 0 Å². The first-order chi connectivity index (χ1) is 16.0. The summed E-state index contributed by atoms with van der Waals surface area (Å²) in [6.45, 7) is 7.08. The molecular weight excluding hydrogens is 441 g/mol. The molecule has 9 heteroatoms. The molecule has 0 aromatic heterocycles. The second-order valence-corrected chi connectivity index (χ2v) is 10.3. The fourth-order valence-electron chi connectivity index (χ4n) is 3.59. The van der Waals surface area contributed by atoms with Gasteiger partial charge in [-0.3, -0.25) is 14.7 Å². The Morgan fingerprint density at radius 3 is 2.48 bits per heavy atom. The van der Waals surface area contributed by atoms with Gasteiger partial charge in [-0.2, -0.15) is 0 Å². The molecule has 1 aromatic carbocycles. The molecular formula is C24H28N3O5P. The van der Waals surface area contributed by atoms with E-state index in [0.29, 0.717) is 12.2 Å². The molecule has 0 atom stereocenters. The van der Waals surface area contributed by atoms with E-state index in [9.17, 15) is 14.7 Å². The molecule has 8 nitrogen and oxygen atoms in total. The van der Waals surface area contributed by atoms with E-state index in [1.165, 1.54) is 12.2 Å². The molecule has 0 radical (unpaired) electrons.